The van der Waals surface area contributed by atoms with Gasteiger partial charge in [0.2, 0.25) is 0 Å². The molecule has 1 unspecified atom stereocenters. The molecule has 2 N–H and O–H groups in total. The molecule has 1 aliphatic heterocycles. The van der Waals surface area contributed by atoms with Gasteiger partial charge in [-0.1, -0.05) is 5.21 Å². The van der Waals surface area contributed by atoms with Crippen LogP contribution >= 0.6 is 0 Å². The number of aromatic nitrogens is 3. The molecule has 7 nitrogen and oxygen atoms in total. The largest absolute Gasteiger partial charge is 0.454 e. The zero-order valence-corrected chi connectivity index (χ0v) is 12.3. The van der Waals surface area contributed by atoms with Crippen LogP contribution in [0, 0.1) is 0 Å². The third-order valence-electron chi connectivity index (χ3n) is 4.80. The van der Waals surface area contributed by atoms with E-state index in [2.05, 4.69) is 20.9 Å². The van der Waals surface area contributed by atoms with Crippen LogP contribution in [0.4, 0.5) is 0 Å². The number of amides is 1. The number of rotatable bonds is 4. The predicted molar refractivity (Wildman–Crippen MR) is 78.3 cm³/mol. The zero-order valence-electron chi connectivity index (χ0n) is 12.3. The van der Waals surface area contributed by atoms with Gasteiger partial charge >= 0.3 is 0 Å². The highest BCUT2D eigenvalue weighted by molar-refractivity contribution is 5.91. The summed E-state index contributed by atoms with van der Waals surface area (Å²) in [6.07, 6.45) is 7.89. The molecule has 7 heteroatoms. The van der Waals surface area contributed by atoms with Crippen LogP contribution in [0.3, 0.4) is 0 Å². The topological polar surface area (TPSA) is 85.0 Å². The van der Waals surface area contributed by atoms with Crippen LogP contribution in [0.15, 0.2) is 28.9 Å². The van der Waals surface area contributed by atoms with Crippen LogP contribution in [0.5, 0.6) is 0 Å². The fourth-order valence-corrected chi connectivity index (χ4v) is 3.45. The van der Waals surface area contributed by atoms with E-state index in [-0.39, 0.29) is 17.5 Å². The van der Waals surface area contributed by atoms with Crippen LogP contribution in [0.1, 0.15) is 42.0 Å². The first kappa shape index (κ1) is 13.5. The molecule has 0 bridgehead atoms. The van der Waals surface area contributed by atoms with Crippen molar-refractivity contribution in [2.24, 2.45) is 0 Å². The highest BCUT2D eigenvalue weighted by atomic mass is 16.4. The molecule has 2 aliphatic rings. The van der Waals surface area contributed by atoms with Gasteiger partial charge in [-0.3, -0.25) is 4.79 Å². The minimum absolute atomic E-state index is 0.131. The van der Waals surface area contributed by atoms with Gasteiger partial charge in [0.25, 0.3) is 5.91 Å². The third-order valence-corrected chi connectivity index (χ3v) is 4.80. The van der Waals surface area contributed by atoms with E-state index < -0.39 is 0 Å². The summed E-state index contributed by atoms with van der Waals surface area (Å²) >= 11 is 0. The van der Waals surface area contributed by atoms with Crippen molar-refractivity contribution in [1.29, 1.82) is 0 Å². The molecular formula is C15H19N5O2. The molecular weight excluding hydrogens is 282 g/mol. The predicted octanol–water partition coefficient (Wildman–Crippen LogP) is 0.934. The molecule has 22 heavy (non-hydrogen) atoms. The number of nitrogens with zero attached hydrogens (tertiary/aromatic N) is 3. The van der Waals surface area contributed by atoms with Crippen molar-refractivity contribution in [1.82, 2.24) is 25.6 Å². The van der Waals surface area contributed by atoms with Gasteiger partial charge in [0.05, 0.1) is 6.20 Å². The molecule has 1 saturated carbocycles. The summed E-state index contributed by atoms with van der Waals surface area (Å²) in [7, 11) is 0. The summed E-state index contributed by atoms with van der Waals surface area (Å²) in [6.45, 7) is 1.45. The Kier molecular flexibility index (Phi) is 3.22. The standard InChI is InChI=1S/C15H19N5O2/c21-14(18-13-4-7-16-15(13)5-1-6-15)12-3-2-11(22-12)10-20-9-8-17-19-20/h2-3,8-9,13,16H,1,4-7,10H2,(H,18,21). The second-order valence-corrected chi connectivity index (χ2v) is 6.12. The molecule has 1 atom stereocenters. The average Bonchev–Trinajstić information content (AvgIpc) is 3.17. The van der Waals surface area contributed by atoms with Gasteiger partial charge in [-0.05, 0) is 44.4 Å². The summed E-state index contributed by atoms with van der Waals surface area (Å²) in [5.74, 6) is 0.917. The van der Waals surface area contributed by atoms with E-state index in [9.17, 15) is 4.79 Å². The maximum Gasteiger partial charge on any atom is 0.287 e. The number of carbonyl (C=O) groups is 1. The van der Waals surface area contributed by atoms with Crippen molar-refractivity contribution in [2.45, 2.75) is 43.8 Å². The van der Waals surface area contributed by atoms with Crippen LogP contribution in [0.2, 0.25) is 0 Å². The molecule has 1 aliphatic carbocycles. The second-order valence-electron chi connectivity index (χ2n) is 6.12. The van der Waals surface area contributed by atoms with E-state index in [4.69, 9.17) is 4.42 Å². The Labute approximate surface area is 128 Å². The Morgan fingerprint density at radius 2 is 2.41 bits per heavy atom. The van der Waals surface area contributed by atoms with Crippen molar-refractivity contribution >= 4 is 5.91 Å². The summed E-state index contributed by atoms with van der Waals surface area (Å²) < 4.78 is 7.29. The van der Waals surface area contributed by atoms with Crippen LogP contribution < -0.4 is 10.6 Å². The molecule has 1 saturated heterocycles. The molecule has 0 aromatic carbocycles. The molecule has 0 radical (unpaired) electrons. The van der Waals surface area contributed by atoms with Gasteiger partial charge in [-0.25, -0.2) is 4.68 Å². The minimum Gasteiger partial charge on any atom is -0.454 e. The lowest BCUT2D eigenvalue weighted by atomic mass is 9.73. The van der Waals surface area contributed by atoms with Crippen LogP contribution in [0.25, 0.3) is 0 Å². The van der Waals surface area contributed by atoms with E-state index >= 15 is 0 Å². The Balaban J connectivity index is 1.41. The fraction of sp³-hybridized carbons (Fsp3) is 0.533. The molecule has 2 aromatic rings. The molecule has 2 fully saturated rings. The van der Waals surface area contributed by atoms with E-state index in [0.717, 1.165) is 25.8 Å². The third kappa shape index (κ3) is 2.31. The monoisotopic (exact) mass is 301 g/mol. The van der Waals surface area contributed by atoms with Gasteiger partial charge in [0.15, 0.2) is 5.76 Å². The Bertz CT molecular complexity index is 659. The molecule has 3 heterocycles. The van der Waals surface area contributed by atoms with Crippen molar-refractivity contribution in [3.8, 4) is 0 Å². The molecule has 2 aromatic heterocycles. The second kappa shape index (κ2) is 5.24. The SMILES string of the molecule is O=C(NC1CCNC12CCC2)c1ccc(Cn2ccnn2)o1. The van der Waals surface area contributed by atoms with E-state index in [1.807, 2.05) is 6.07 Å². The summed E-state index contributed by atoms with van der Waals surface area (Å²) in [5.41, 5.74) is 0.131. The number of furan rings is 1. The zero-order chi connectivity index (χ0) is 15.0. The lowest BCUT2D eigenvalue weighted by Gasteiger charge is -2.43. The lowest BCUT2D eigenvalue weighted by molar-refractivity contribution is 0.0852. The fourth-order valence-electron chi connectivity index (χ4n) is 3.45. The first-order chi connectivity index (χ1) is 10.8. The van der Waals surface area contributed by atoms with Gasteiger partial charge in [0.1, 0.15) is 12.3 Å². The smallest absolute Gasteiger partial charge is 0.287 e. The maximum atomic E-state index is 12.4. The lowest BCUT2D eigenvalue weighted by Crippen LogP contribution is -2.59. The molecule has 4 rings (SSSR count). The highest BCUT2D eigenvalue weighted by Crippen LogP contribution is 2.39. The Morgan fingerprint density at radius 1 is 1.50 bits per heavy atom. The van der Waals surface area contributed by atoms with Gasteiger partial charge < -0.3 is 15.1 Å². The minimum atomic E-state index is -0.134. The number of nitrogens with one attached hydrogen (secondary N) is 2. The van der Waals surface area contributed by atoms with Gasteiger partial charge in [0, 0.05) is 17.8 Å². The molecule has 116 valence electrons. The van der Waals surface area contributed by atoms with Gasteiger partial charge in [-0.2, -0.15) is 0 Å². The van der Waals surface area contributed by atoms with E-state index in [0.29, 0.717) is 18.1 Å². The summed E-state index contributed by atoms with van der Waals surface area (Å²) in [4.78, 5) is 12.4. The summed E-state index contributed by atoms with van der Waals surface area (Å²) in [6, 6.07) is 3.73. The van der Waals surface area contributed by atoms with Crippen molar-refractivity contribution in [3.05, 3.63) is 36.0 Å². The highest BCUT2D eigenvalue weighted by Gasteiger charge is 2.47. The van der Waals surface area contributed by atoms with Crippen LogP contribution in [-0.2, 0) is 6.54 Å². The quantitative estimate of drug-likeness (QED) is 0.877. The maximum absolute atomic E-state index is 12.4. The Hall–Kier alpha value is -2.15. The normalized spacial score (nSPS) is 22.6. The summed E-state index contributed by atoms with van der Waals surface area (Å²) in [5, 5.41) is 14.3. The molecule has 1 amide bonds. The van der Waals surface area contributed by atoms with E-state index in [1.165, 1.54) is 6.42 Å². The van der Waals surface area contributed by atoms with Crippen molar-refractivity contribution < 1.29 is 9.21 Å². The van der Waals surface area contributed by atoms with E-state index in [1.54, 1.807) is 23.1 Å². The number of hydrogen-bond acceptors (Lipinski definition) is 5. The first-order valence-electron chi connectivity index (χ1n) is 7.74. The van der Waals surface area contributed by atoms with Gasteiger partial charge in [-0.15, -0.1) is 5.10 Å². The number of hydrogen-bond donors (Lipinski definition) is 2. The first-order valence-corrected chi connectivity index (χ1v) is 7.74. The average molecular weight is 301 g/mol. The number of carbonyl (C=O) groups excluding carboxylic acids is 1. The van der Waals surface area contributed by atoms with Crippen molar-refractivity contribution in [2.75, 3.05) is 6.54 Å². The molecule has 1 spiro atoms. The van der Waals surface area contributed by atoms with Crippen LogP contribution in [-0.4, -0.2) is 39.0 Å². The Morgan fingerprint density at radius 3 is 3.14 bits per heavy atom. The van der Waals surface area contributed by atoms with Crippen molar-refractivity contribution in [3.63, 3.8) is 0 Å².